The molecule has 144 valence electrons. The Bertz CT molecular complexity index is 619. The van der Waals surface area contributed by atoms with Crippen molar-refractivity contribution >= 4 is 17.7 Å². The molecule has 0 bridgehead atoms. The van der Waals surface area contributed by atoms with Crippen molar-refractivity contribution in [2.75, 3.05) is 24.4 Å². The highest BCUT2D eigenvalue weighted by Crippen LogP contribution is 2.29. The summed E-state index contributed by atoms with van der Waals surface area (Å²) in [4.78, 5) is 20.5. The van der Waals surface area contributed by atoms with Gasteiger partial charge in [-0.05, 0) is 50.9 Å². The molecular weight excluding hydrogens is 334 g/mol. The number of hydrogen-bond donors (Lipinski definition) is 4. The predicted octanol–water partition coefficient (Wildman–Crippen LogP) is 1.52. The minimum Gasteiger partial charge on any atom is -0.396 e. The fourth-order valence-corrected chi connectivity index (χ4v) is 3.93. The number of carbonyl (C=O) groups excluding carboxylic acids is 1. The maximum absolute atomic E-state index is 11.7. The molecule has 0 unspecified atom stereocenters. The van der Waals surface area contributed by atoms with Gasteiger partial charge in [-0.1, -0.05) is 0 Å². The van der Waals surface area contributed by atoms with E-state index in [-0.39, 0.29) is 12.6 Å². The van der Waals surface area contributed by atoms with Crippen LogP contribution in [0.5, 0.6) is 0 Å². The number of carbonyl (C=O) groups is 1. The van der Waals surface area contributed by atoms with Crippen molar-refractivity contribution in [3.05, 3.63) is 11.8 Å². The highest BCUT2D eigenvalue weighted by molar-refractivity contribution is 5.97. The van der Waals surface area contributed by atoms with Gasteiger partial charge >= 0.3 is 0 Å². The summed E-state index contributed by atoms with van der Waals surface area (Å²) in [6.07, 6.45) is 8.64. The van der Waals surface area contributed by atoms with Gasteiger partial charge in [-0.15, -0.1) is 0 Å². The van der Waals surface area contributed by atoms with Crippen LogP contribution in [-0.2, 0) is 4.74 Å². The van der Waals surface area contributed by atoms with Gasteiger partial charge in [0, 0.05) is 32.0 Å². The van der Waals surface area contributed by atoms with Crippen molar-refractivity contribution in [2.24, 2.45) is 11.7 Å². The van der Waals surface area contributed by atoms with Crippen LogP contribution < -0.4 is 16.4 Å². The van der Waals surface area contributed by atoms with Gasteiger partial charge in [-0.2, -0.15) is 4.98 Å². The second-order valence-electron chi connectivity index (χ2n) is 7.38. The van der Waals surface area contributed by atoms with Crippen LogP contribution in [0.1, 0.15) is 55.3 Å². The molecule has 1 heterocycles. The number of primary amides is 1. The lowest BCUT2D eigenvalue weighted by Gasteiger charge is -2.28. The van der Waals surface area contributed by atoms with Crippen LogP contribution >= 0.6 is 0 Å². The van der Waals surface area contributed by atoms with E-state index >= 15 is 0 Å². The predicted molar refractivity (Wildman–Crippen MR) is 99.1 cm³/mol. The van der Waals surface area contributed by atoms with Crippen LogP contribution in [0.15, 0.2) is 6.20 Å². The van der Waals surface area contributed by atoms with Crippen LogP contribution in [-0.4, -0.2) is 52.9 Å². The summed E-state index contributed by atoms with van der Waals surface area (Å²) in [5.74, 6) is 0.746. The summed E-state index contributed by atoms with van der Waals surface area (Å²) in [6.45, 7) is 0.196. The Morgan fingerprint density at radius 2 is 1.96 bits per heavy atom. The van der Waals surface area contributed by atoms with Crippen molar-refractivity contribution in [1.29, 1.82) is 0 Å². The summed E-state index contributed by atoms with van der Waals surface area (Å²) in [7, 11) is 1.76. The highest BCUT2D eigenvalue weighted by atomic mass is 16.5. The number of aliphatic hydroxyl groups excluding tert-OH is 1. The summed E-state index contributed by atoms with van der Waals surface area (Å²) < 4.78 is 5.40. The average Bonchev–Trinajstić information content (AvgIpc) is 3.10. The zero-order chi connectivity index (χ0) is 18.5. The van der Waals surface area contributed by atoms with Gasteiger partial charge in [0.2, 0.25) is 5.95 Å². The molecule has 2 saturated carbocycles. The number of ether oxygens (including phenoxy) is 1. The maximum atomic E-state index is 11.7. The van der Waals surface area contributed by atoms with Gasteiger partial charge < -0.3 is 26.2 Å². The number of anilines is 2. The third-order valence-electron chi connectivity index (χ3n) is 5.54. The number of hydrogen-bond acceptors (Lipinski definition) is 7. The topological polar surface area (TPSA) is 122 Å². The monoisotopic (exact) mass is 363 g/mol. The van der Waals surface area contributed by atoms with E-state index < -0.39 is 5.91 Å². The van der Waals surface area contributed by atoms with Gasteiger partial charge in [0.25, 0.3) is 5.91 Å². The Morgan fingerprint density at radius 3 is 2.58 bits per heavy atom. The van der Waals surface area contributed by atoms with Crippen molar-refractivity contribution < 1.29 is 14.6 Å². The van der Waals surface area contributed by atoms with E-state index in [1.807, 2.05) is 0 Å². The molecule has 1 aromatic rings. The quantitative estimate of drug-likeness (QED) is 0.579. The maximum Gasteiger partial charge on any atom is 0.254 e. The number of aliphatic hydroxyl groups is 1. The Kier molecular flexibility index (Phi) is 6.26. The molecule has 2 aliphatic carbocycles. The van der Waals surface area contributed by atoms with E-state index in [1.54, 1.807) is 7.11 Å². The number of nitrogens with zero attached hydrogens (tertiary/aromatic N) is 2. The molecule has 0 radical (unpaired) electrons. The largest absolute Gasteiger partial charge is 0.396 e. The first-order valence-electron chi connectivity index (χ1n) is 9.42. The lowest BCUT2D eigenvalue weighted by Crippen LogP contribution is -2.30. The molecule has 1 amide bonds. The molecule has 8 nitrogen and oxygen atoms in total. The van der Waals surface area contributed by atoms with E-state index in [2.05, 4.69) is 20.6 Å². The van der Waals surface area contributed by atoms with Gasteiger partial charge in [0.15, 0.2) is 0 Å². The molecule has 5 N–H and O–H groups in total. The van der Waals surface area contributed by atoms with Crippen molar-refractivity contribution in [3.8, 4) is 0 Å². The number of methoxy groups -OCH3 is 1. The lowest BCUT2D eigenvalue weighted by molar-refractivity contribution is 0.0681. The van der Waals surface area contributed by atoms with E-state index in [0.717, 1.165) is 44.9 Å². The minimum absolute atomic E-state index is 0.185. The number of nitrogens with two attached hydrogens (primary N) is 1. The molecule has 3 rings (SSSR count). The van der Waals surface area contributed by atoms with Crippen LogP contribution in [0.2, 0.25) is 0 Å². The van der Waals surface area contributed by atoms with Crippen molar-refractivity contribution in [1.82, 2.24) is 9.97 Å². The van der Waals surface area contributed by atoms with Gasteiger partial charge in [-0.25, -0.2) is 4.98 Å². The number of nitrogens with one attached hydrogen (secondary N) is 2. The lowest BCUT2D eigenvalue weighted by atomic mass is 9.93. The van der Waals surface area contributed by atoms with E-state index in [9.17, 15) is 9.90 Å². The number of amides is 1. The van der Waals surface area contributed by atoms with Crippen LogP contribution in [0.4, 0.5) is 11.8 Å². The standard InChI is InChI=1S/C18H29N5O3/c1-26-14-6-4-12(5-7-14)22-18-20-9-15(16(19)25)17(23-18)21-13-3-2-11(8-13)10-24/h9,11-14,24H,2-8,10H2,1H3,(H2,19,25)(H2,20,21,22,23)/t11-,12?,13-,14?/m0/s1. The SMILES string of the molecule is COC1CCC(Nc2ncc(C(N)=O)c(N[C@H]3CC[C@H](CO)C3)n2)CC1. The number of rotatable bonds is 7. The van der Waals surface area contributed by atoms with E-state index in [0.29, 0.717) is 35.4 Å². The first-order chi connectivity index (χ1) is 12.6. The number of aromatic nitrogens is 2. The second-order valence-corrected chi connectivity index (χ2v) is 7.38. The zero-order valence-electron chi connectivity index (χ0n) is 15.3. The molecular formula is C18H29N5O3. The van der Waals surface area contributed by atoms with Crippen LogP contribution in [0.25, 0.3) is 0 Å². The van der Waals surface area contributed by atoms with Crippen molar-refractivity contribution in [3.63, 3.8) is 0 Å². The first kappa shape index (κ1) is 18.8. The molecule has 2 fully saturated rings. The zero-order valence-corrected chi connectivity index (χ0v) is 15.3. The van der Waals surface area contributed by atoms with Crippen LogP contribution in [0, 0.1) is 5.92 Å². The smallest absolute Gasteiger partial charge is 0.254 e. The van der Waals surface area contributed by atoms with Crippen molar-refractivity contribution in [2.45, 2.75) is 63.1 Å². The molecule has 26 heavy (non-hydrogen) atoms. The summed E-state index contributed by atoms with van der Waals surface area (Å²) in [5, 5.41) is 16.0. The third-order valence-corrected chi connectivity index (χ3v) is 5.54. The van der Waals surface area contributed by atoms with E-state index in [1.165, 1.54) is 6.20 Å². The normalized spacial score (nSPS) is 28.7. The second kappa shape index (κ2) is 8.64. The Morgan fingerprint density at radius 1 is 1.23 bits per heavy atom. The Labute approximate surface area is 153 Å². The molecule has 1 aromatic heterocycles. The molecule has 0 aromatic carbocycles. The minimum atomic E-state index is -0.545. The summed E-state index contributed by atoms with van der Waals surface area (Å²) >= 11 is 0. The molecule has 2 atom stereocenters. The fourth-order valence-electron chi connectivity index (χ4n) is 3.93. The molecule has 0 spiro atoms. The molecule has 0 saturated heterocycles. The summed E-state index contributed by atoms with van der Waals surface area (Å²) in [5.41, 5.74) is 5.77. The Hall–Kier alpha value is -1.93. The third kappa shape index (κ3) is 4.62. The molecule has 2 aliphatic rings. The van der Waals surface area contributed by atoms with E-state index in [4.69, 9.17) is 10.5 Å². The molecule has 0 aliphatic heterocycles. The van der Waals surface area contributed by atoms with Gasteiger partial charge in [-0.3, -0.25) is 4.79 Å². The summed E-state index contributed by atoms with van der Waals surface area (Å²) in [6, 6.07) is 0.490. The fraction of sp³-hybridized carbons (Fsp3) is 0.722. The highest BCUT2D eigenvalue weighted by Gasteiger charge is 2.26. The first-order valence-corrected chi connectivity index (χ1v) is 9.42. The molecule has 8 heteroatoms. The van der Waals surface area contributed by atoms with Gasteiger partial charge in [0.1, 0.15) is 5.82 Å². The van der Waals surface area contributed by atoms with Gasteiger partial charge in [0.05, 0.1) is 11.7 Å². The Balaban J connectivity index is 1.67. The van der Waals surface area contributed by atoms with Crippen LogP contribution in [0.3, 0.4) is 0 Å². The average molecular weight is 363 g/mol.